The molecule has 3 nitrogen and oxygen atoms in total. The zero-order chi connectivity index (χ0) is 13.8. The molecule has 0 fully saturated rings. The maximum Gasteiger partial charge on any atom is 0.248 e. The van der Waals surface area contributed by atoms with Gasteiger partial charge in [-0.15, -0.1) is 0 Å². The summed E-state index contributed by atoms with van der Waals surface area (Å²) in [6.07, 6.45) is 3.10. The van der Waals surface area contributed by atoms with Crippen LogP contribution in [-0.4, -0.2) is 5.91 Å². The number of carbonyl (C=O) groups is 1. The fourth-order valence-corrected chi connectivity index (χ4v) is 2.27. The van der Waals surface area contributed by atoms with Crippen LogP contribution >= 0.6 is 38.5 Å². The highest BCUT2D eigenvalue weighted by Crippen LogP contribution is 2.20. The fourth-order valence-electron chi connectivity index (χ4n) is 1.48. The molecule has 0 aliphatic heterocycles. The summed E-state index contributed by atoms with van der Waals surface area (Å²) in [5.41, 5.74) is 1.80. The quantitative estimate of drug-likeness (QED) is 0.569. The van der Waals surface area contributed by atoms with Crippen LogP contribution in [0, 0.1) is 10.7 Å². The lowest BCUT2D eigenvalue weighted by atomic mass is 10.2. The maximum absolute atomic E-state index is 11.8. The van der Waals surface area contributed by atoms with Crippen molar-refractivity contribution < 1.29 is 9.21 Å². The Morgan fingerprint density at radius 1 is 1.37 bits per heavy atom. The highest BCUT2D eigenvalue weighted by molar-refractivity contribution is 14.1. The number of amides is 1. The first-order chi connectivity index (χ1) is 9.04. The van der Waals surface area contributed by atoms with Gasteiger partial charge in [-0.1, -0.05) is 22.0 Å². The molecule has 2 rings (SSSR count). The summed E-state index contributed by atoms with van der Waals surface area (Å²) in [5.74, 6) is 0.470. The molecule has 1 heterocycles. The lowest BCUT2D eigenvalue weighted by molar-refractivity contribution is -0.111. The average molecular weight is 432 g/mol. The summed E-state index contributed by atoms with van der Waals surface area (Å²) in [7, 11) is 0. The Morgan fingerprint density at radius 3 is 2.84 bits per heavy atom. The van der Waals surface area contributed by atoms with Crippen LogP contribution in [-0.2, 0) is 4.79 Å². The second kappa shape index (κ2) is 6.38. The summed E-state index contributed by atoms with van der Waals surface area (Å²) in [6.45, 7) is 1.95. The monoisotopic (exact) mass is 431 g/mol. The number of benzene rings is 1. The largest absolute Gasteiger partial charge is 0.451 e. The van der Waals surface area contributed by atoms with E-state index in [2.05, 4.69) is 43.8 Å². The van der Waals surface area contributed by atoms with E-state index in [1.807, 2.05) is 37.3 Å². The van der Waals surface area contributed by atoms with Crippen LogP contribution in [0.5, 0.6) is 0 Å². The fraction of sp³-hybridized carbons (Fsp3) is 0.0714. The zero-order valence-corrected chi connectivity index (χ0v) is 13.9. The second-order valence-electron chi connectivity index (χ2n) is 3.92. The van der Waals surface area contributed by atoms with Crippen molar-refractivity contribution in [2.45, 2.75) is 6.92 Å². The third-order valence-corrected chi connectivity index (χ3v) is 3.52. The molecule has 1 aromatic carbocycles. The highest BCUT2D eigenvalue weighted by Gasteiger charge is 2.03. The number of hydrogen-bond donors (Lipinski definition) is 1. The normalized spacial score (nSPS) is 10.9. The van der Waals surface area contributed by atoms with Crippen LogP contribution in [0.2, 0.25) is 0 Å². The standard InChI is InChI=1S/C14H11BrINO2/c1-9-2-3-10(15)8-12(9)17-14(18)7-5-11-4-6-13(16)19-11/h2-8H,1H3,(H,17,18)/b7-5+. The van der Waals surface area contributed by atoms with Gasteiger partial charge in [0, 0.05) is 16.2 Å². The van der Waals surface area contributed by atoms with Gasteiger partial charge < -0.3 is 9.73 Å². The minimum atomic E-state index is -0.187. The molecule has 0 saturated heterocycles. The number of aryl methyl sites for hydroxylation is 1. The van der Waals surface area contributed by atoms with Crippen molar-refractivity contribution in [3.05, 3.63) is 56.0 Å². The SMILES string of the molecule is Cc1ccc(Br)cc1NC(=O)/C=C/c1ccc(I)o1. The molecule has 1 aromatic heterocycles. The van der Waals surface area contributed by atoms with E-state index in [1.165, 1.54) is 6.08 Å². The molecule has 0 aliphatic carbocycles. The van der Waals surface area contributed by atoms with Gasteiger partial charge in [0.1, 0.15) is 5.76 Å². The Labute approximate surface area is 133 Å². The number of nitrogens with one attached hydrogen (secondary N) is 1. The summed E-state index contributed by atoms with van der Waals surface area (Å²) >= 11 is 5.46. The molecule has 0 radical (unpaired) electrons. The third kappa shape index (κ3) is 4.21. The first-order valence-electron chi connectivity index (χ1n) is 5.55. The average Bonchev–Trinajstić information content (AvgIpc) is 2.77. The molecule has 98 valence electrons. The van der Waals surface area contributed by atoms with Crippen molar-refractivity contribution in [3.8, 4) is 0 Å². The van der Waals surface area contributed by atoms with Gasteiger partial charge in [-0.2, -0.15) is 0 Å². The molecule has 1 amide bonds. The van der Waals surface area contributed by atoms with Crippen LogP contribution in [0.3, 0.4) is 0 Å². The molecule has 1 N–H and O–H groups in total. The Hall–Kier alpha value is -1.08. The van der Waals surface area contributed by atoms with E-state index >= 15 is 0 Å². The van der Waals surface area contributed by atoms with Crippen molar-refractivity contribution in [2.24, 2.45) is 0 Å². The highest BCUT2D eigenvalue weighted by atomic mass is 127. The van der Waals surface area contributed by atoms with Crippen molar-refractivity contribution in [1.29, 1.82) is 0 Å². The van der Waals surface area contributed by atoms with Crippen molar-refractivity contribution >= 4 is 56.2 Å². The molecule has 0 spiro atoms. The minimum absolute atomic E-state index is 0.187. The van der Waals surface area contributed by atoms with E-state index in [9.17, 15) is 4.79 Å². The molecule has 0 bridgehead atoms. The molecule has 2 aromatic rings. The molecule has 0 atom stereocenters. The zero-order valence-electron chi connectivity index (χ0n) is 10.1. The molecular formula is C14H11BrINO2. The van der Waals surface area contributed by atoms with Crippen LogP contribution in [0.4, 0.5) is 5.69 Å². The number of hydrogen-bond acceptors (Lipinski definition) is 2. The molecule has 19 heavy (non-hydrogen) atoms. The summed E-state index contributed by atoms with van der Waals surface area (Å²) in [6, 6.07) is 9.41. The molecule has 5 heteroatoms. The number of anilines is 1. The summed E-state index contributed by atoms with van der Waals surface area (Å²) in [5, 5.41) is 2.83. The Bertz CT molecular complexity index is 634. The van der Waals surface area contributed by atoms with E-state index in [0.29, 0.717) is 5.76 Å². The van der Waals surface area contributed by atoms with Gasteiger partial charge in [0.25, 0.3) is 0 Å². The molecule has 0 aliphatic rings. The van der Waals surface area contributed by atoms with E-state index in [1.54, 1.807) is 6.08 Å². The predicted octanol–water partition coefficient (Wildman–Crippen LogP) is 4.61. The van der Waals surface area contributed by atoms with E-state index in [-0.39, 0.29) is 5.91 Å². The third-order valence-electron chi connectivity index (χ3n) is 2.45. The first-order valence-corrected chi connectivity index (χ1v) is 7.42. The van der Waals surface area contributed by atoms with Gasteiger partial charge >= 0.3 is 0 Å². The summed E-state index contributed by atoms with van der Waals surface area (Å²) in [4.78, 5) is 11.8. The second-order valence-corrected chi connectivity index (χ2v) is 5.90. The van der Waals surface area contributed by atoms with Gasteiger partial charge in [0.15, 0.2) is 3.77 Å². The summed E-state index contributed by atoms with van der Waals surface area (Å²) < 4.78 is 7.06. The van der Waals surface area contributed by atoms with Crippen molar-refractivity contribution in [1.82, 2.24) is 0 Å². The minimum Gasteiger partial charge on any atom is -0.451 e. The van der Waals surface area contributed by atoms with Gasteiger partial charge in [0.2, 0.25) is 5.91 Å². The van der Waals surface area contributed by atoms with Crippen LogP contribution in [0.25, 0.3) is 6.08 Å². The smallest absolute Gasteiger partial charge is 0.248 e. The van der Waals surface area contributed by atoms with E-state index < -0.39 is 0 Å². The molecular weight excluding hydrogens is 421 g/mol. The van der Waals surface area contributed by atoms with Crippen LogP contribution < -0.4 is 5.32 Å². The van der Waals surface area contributed by atoms with Crippen molar-refractivity contribution in [3.63, 3.8) is 0 Å². The number of rotatable bonds is 3. The Morgan fingerprint density at radius 2 is 2.16 bits per heavy atom. The number of halogens is 2. The van der Waals surface area contributed by atoms with Gasteiger partial charge in [-0.05, 0) is 65.4 Å². The Balaban J connectivity index is 2.05. The Kier molecular flexibility index (Phi) is 4.81. The topological polar surface area (TPSA) is 42.2 Å². The van der Waals surface area contributed by atoms with Crippen LogP contribution in [0.15, 0.2) is 45.3 Å². The maximum atomic E-state index is 11.8. The predicted molar refractivity (Wildman–Crippen MR) is 88.0 cm³/mol. The number of carbonyl (C=O) groups excluding carboxylic acids is 1. The van der Waals surface area contributed by atoms with E-state index in [4.69, 9.17) is 4.42 Å². The number of furan rings is 1. The van der Waals surface area contributed by atoms with Gasteiger partial charge in [-0.3, -0.25) is 4.79 Å². The van der Waals surface area contributed by atoms with Gasteiger partial charge in [0.05, 0.1) is 0 Å². The molecule has 0 unspecified atom stereocenters. The van der Waals surface area contributed by atoms with E-state index in [0.717, 1.165) is 19.5 Å². The van der Waals surface area contributed by atoms with Gasteiger partial charge in [-0.25, -0.2) is 0 Å². The first kappa shape index (κ1) is 14.3. The van der Waals surface area contributed by atoms with Crippen molar-refractivity contribution in [2.75, 3.05) is 5.32 Å². The lowest BCUT2D eigenvalue weighted by Gasteiger charge is -2.06. The lowest BCUT2D eigenvalue weighted by Crippen LogP contribution is -2.08. The molecule has 0 saturated carbocycles. The van der Waals surface area contributed by atoms with Crippen LogP contribution in [0.1, 0.15) is 11.3 Å².